The van der Waals surface area contributed by atoms with Gasteiger partial charge in [-0.2, -0.15) is 5.10 Å². The fourth-order valence-corrected chi connectivity index (χ4v) is 4.11. The van der Waals surface area contributed by atoms with Crippen LogP contribution in [0.1, 0.15) is 70.5 Å². The summed E-state index contributed by atoms with van der Waals surface area (Å²) >= 11 is 0. The average Bonchev–Trinajstić information content (AvgIpc) is 3.03. The molecule has 2 atom stereocenters. The summed E-state index contributed by atoms with van der Waals surface area (Å²) in [5.41, 5.74) is 8.04. The van der Waals surface area contributed by atoms with E-state index in [0.29, 0.717) is 23.4 Å². The van der Waals surface area contributed by atoms with E-state index < -0.39 is 0 Å². The van der Waals surface area contributed by atoms with E-state index in [1.807, 2.05) is 0 Å². The normalized spacial score (nSPS) is 30.8. The van der Waals surface area contributed by atoms with Crippen molar-refractivity contribution in [2.45, 2.75) is 77.3 Å². The minimum atomic E-state index is 0.361. The van der Waals surface area contributed by atoms with Crippen molar-refractivity contribution in [3.63, 3.8) is 0 Å². The molecule has 2 fully saturated rings. The van der Waals surface area contributed by atoms with Crippen molar-refractivity contribution in [1.82, 2.24) is 9.78 Å². The largest absolute Gasteiger partial charge is 0.327 e. The summed E-state index contributed by atoms with van der Waals surface area (Å²) in [6.45, 7) is 4.76. The van der Waals surface area contributed by atoms with Gasteiger partial charge < -0.3 is 5.73 Å². The highest BCUT2D eigenvalue weighted by Gasteiger charge is 2.33. The molecule has 2 unspecified atom stereocenters. The molecule has 3 heteroatoms. The first-order valence-electron chi connectivity index (χ1n) is 8.33. The zero-order chi connectivity index (χ0) is 14.2. The molecule has 3 nitrogen and oxygen atoms in total. The Bertz CT molecular complexity index is 443. The molecule has 0 saturated heterocycles. The minimum absolute atomic E-state index is 0.361. The molecule has 1 aromatic rings. The van der Waals surface area contributed by atoms with Crippen LogP contribution in [0.5, 0.6) is 0 Å². The van der Waals surface area contributed by atoms with Gasteiger partial charge in [0.15, 0.2) is 0 Å². The van der Waals surface area contributed by atoms with Gasteiger partial charge >= 0.3 is 0 Å². The molecule has 2 N–H and O–H groups in total. The Hall–Kier alpha value is -0.830. The molecule has 1 aromatic heterocycles. The average molecular weight is 275 g/mol. The Kier molecular flexibility index (Phi) is 3.89. The van der Waals surface area contributed by atoms with E-state index in [1.165, 1.54) is 50.6 Å². The molecule has 0 aliphatic heterocycles. The van der Waals surface area contributed by atoms with Crippen molar-refractivity contribution in [1.29, 1.82) is 0 Å². The maximum atomic E-state index is 6.34. The maximum Gasteiger partial charge on any atom is 0.0628 e. The third-order valence-corrected chi connectivity index (χ3v) is 5.41. The zero-order valence-electron chi connectivity index (χ0n) is 13.0. The molecule has 0 bridgehead atoms. The minimum Gasteiger partial charge on any atom is -0.327 e. The lowest BCUT2D eigenvalue weighted by Gasteiger charge is -2.39. The first kappa shape index (κ1) is 14.1. The quantitative estimate of drug-likeness (QED) is 0.914. The monoisotopic (exact) mass is 275 g/mol. The van der Waals surface area contributed by atoms with Crippen molar-refractivity contribution < 1.29 is 0 Å². The number of rotatable bonds is 3. The van der Waals surface area contributed by atoms with Crippen LogP contribution in [0.3, 0.4) is 0 Å². The van der Waals surface area contributed by atoms with Crippen LogP contribution in [-0.4, -0.2) is 15.8 Å². The predicted octanol–water partition coefficient (Wildman–Crippen LogP) is 3.69. The van der Waals surface area contributed by atoms with Crippen molar-refractivity contribution in [2.75, 3.05) is 0 Å². The van der Waals surface area contributed by atoms with E-state index >= 15 is 0 Å². The SMILES string of the molecule is CC1(C)CCC(N)C(Cc2ccn(C3CCCC3)n2)C1. The molecule has 0 aromatic carbocycles. The maximum absolute atomic E-state index is 6.34. The third-order valence-electron chi connectivity index (χ3n) is 5.41. The van der Waals surface area contributed by atoms with Gasteiger partial charge in [0.25, 0.3) is 0 Å². The lowest BCUT2D eigenvalue weighted by Crippen LogP contribution is -2.40. The van der Waals surface area contributed by atoms with Crippen molar-refractivity contribution >= 4 is 0 Å². The highest BCUT2D eigenvalue weighted by molar-refractivity contribution is 5.04. The van der Waals surface area contributed by atoms with Crippen LogP contribution >= 0.6 is 0 Å². The summed E-state index contributed by atoms with van der Waals surface area (Å²) in [5, 5.41) is 4.83. The number of hydrogen-bond donors (Lipinski definition) is 1. The summed E-state index contributed by atoms with van der Waals surface area (Å²) in [5.74, 6) is 0.602. The topological polar surface area (TPSA) is 43.8 Å². The van der Waals surface area contributed by atoms with Crippen LogP contribution in [0.15, 0.2) is 12.3 Å². The molecule has 0 radical (unpaired) electrons. The Balaban J connectivity index is 1.64. The molecule has 2 aliphatic rings. The Labute approximate surface area is 122 Å². The molecular formula is C17H29N3. The zero-order valence-corrected chi connectivity index (χ0v) is 13.0. The van der Waals surface area contributed by atoms with E-state index in [-0.39, 0.29) is 0 Å². The Morgan fingerprint density at radius 1 is 1.30 bits per heavy atom. The van der Waals surface area contributed by atoms with Gasteiger partial charge in [-0.05, 0) is 55.9 Å². The van der Waals surface area contributed by atoms with Crippen LogP contribution < -0.4 is 5.73 Å². The Morgan fingerprint density at radius 3 is 2.80 bits per heavy atom. The summed E-state index contributed by atoms with van der Waals surface area (Å²) in [7, 11) is 0. The van der Waals surface area contributed by atoms with Crippen LogP contribution in [0, 0.1) is 11.3 Å². The van der Waals surface area contributed by atoms with Gasteiger partial charge in [-0.1, -0.05) is 26.7 Å². The van der Waals surface area contributed by atoms with Crippen LogP contribution in [-0.2, 0) is 6.42 Å². The standard InChI is InChI=1S/C17H29N3/c1-17(2)9-7-16(18)13(12-17)11-14-8-10-20(19-14)15-5-3-4-6-15/h8,10,13,15-16H,3-7,9,11-12,18H2,1-2H3. The van der Waals surface area contributed by atoms with E-state index in [1.54, 1.807) is 0 Å². The van der Waals surface area contributed by atoms with Crippen molar-refractivity contribution in [3.05, 3.63) is 18.0 Å². The van der Waals surface area contributed by atoms with E-state index in [4.69, 9.17) is 10.8 Å². The summed E-state index contributed by atoms with van der Waals surface area (Å²) in [6.07, 6.45) is 12.2. The first-order chi connectivity index (χ1) is 9.53. The molecule has 2 aliphatic carbocycles. The molecule has 0 spiro atoms. The highest BCUT2D eigenvalue weighted by atomic mass is 15.3. The molecule has 20 heavy (non-hydrogen) atoms. The molecule has 1 heterocycles. The van der Waals surface area contributed by atoms with E-state index in [9.17, 15) is 0 Å². The highest BCUT2D eigenvalue weighted by Crippen LogP contribution is 2.39. The van der Waals surface area contributed by atoms with Crippen molar-refractivity contribution in [2.24, 2.45) is 17.1 Å². The number of hydrogen-bond acceptors (Lipinski definition) is 2. The number of aromatic nitrogens is 2. The number of nitrogens with zero attached hydrogens (tertiary/aromatic N) is 2. The van der Waals surface area contributed by atoms with Gasteiger partial charge in [0.1, 0.15) is 0 Å². The fourth-order valence-electron chi connectivity index (χ4n) is 4.11. The second kappa shape index (κ2) is 5.51. The van der Waals surface area contributed by atoms with Crippen LogP contribution in [0.25, 0.3) is 0 Å². The second-order valence-corrected chi connectivity index (χ2v) is 7.76. The van der Waals surface area contributed by atoms with Gasteiger partial charge in [-0.3, -0.25) is 4.68 Å². The van der Waals surface area contributed by atoms with Gasteiger partial charge in [0.05, 0.1) is 11.7 Å². The first-order valence-corrected chi connectivity index (χ1v) is 8.33. The van der Waals surface area contributed by atoms with Gasteiger partial charge in [-0.25, -0.2) is 0 Å². The molecular weight excluding hydrogens is 246 g/mol. The fraction of sp³-hybridized carbons (Fsp3) is 0.824. The lowest BCUT2D eigenvalue weighted by molar-refractivity contribution is 0.156. The lowest BCUT2D eigenvalue weighted by atomic mass is 9.69. The van der Waals surface area contributed by atoms with Gasteiger partial charge in [0.2, 0.25) is 0 Å². The number of nitrogens with two attached hydrogens (primary N) is 1. The molecule has 2 saturated carbocycles. The van der Waals surface area contributed by atoms with Crippen molar-refractivity contribution in [3.8, 4) is 0 Å². The van der Waals surface area contributed by atoms with Crippen LogP contribution in [0.4, 0.5) is 0 Å². The molecule has 3 rings (SSSR count). The summed E-state index contributed by atoms with van der Waals surface area (Å²) in [6, 6.07) is 3.23. The second-order valence-electron chi connectivity index (χ2n) is 7.76. The molecule has 112 valence electrons. The smallest absolute Gasteiger partial charge is 0.0628 e. The summed E-state index contributed by atoms with van der Waals surface area (Å²) in [4.78, 5) is 0. The van der Waals surface area contributed by atoms with E-state index in [2.05, 4.69) is 30.8 Å². The molecule has 0 amide bonds. The summed E-state index contributed by atoms with van der Waals surface area (Å²) < 4.78 is 2.21. The van der Waals surface area contributed by atoms with Gasteiger partial charge in [0, 0.05) is 12.2 Å². The third kappa shape index (κ3) is 3.08. The van der Waals surface area contributed by atoms with Crippen LogP contribution in [0.2, 0.25) is 0 Å². The predicted molar refractivity (Wildman–Crippen MR) is 82.5 cm³/mol. The van der Waals surface area contributed by atoms with E-state index in [0.717, 1.165) is 6.42 Å². The van der Waals surface area contributed by atoms with Gasteiger partial charge in [-0.15, -0.1) is 0 Å². The Morgan fingerprint density at radius 2 is 2.05 bits per heavy atom.